The van der Waals surface area contributed by atoms with E-state index in [2.05, 4.69) is 60.2 Å². The lowest BCUT2D eigenvalue weighted by molar-refractivity contribution is -0.149. The lowest BCUT2D eigenvalue weighted by Gasteiger charge is -2.57. The Morgan fingerprint density at radius 3 is 2.91 bits per heavy atom. The molecule has 43 heavy (non-hydrogen) atoms. The van der Waals surface area contributed by atoms with Gasteiger partial charge >= 0.3 is 5.97 Å². The largest absolute Gasteiger partial charge is 0.493 e. The third-order valence-corrected chi connectivity index (χ3v) is 11.0. The summed E-state index contributed by atoms with van der Waals surface area (Å²) in [5.41, 5.74) is 7.55. The Balaban J connectivity index is 1.24. The number of methoxy groups -OCH3 is 1. The molecule has 1 N–H and O–H groups in total. The number of nitrogens with one attached hydrogen (secondary N) is 1. The van der Waals surface area contributed by atoms with Crippen molar-refractivity contribution in [2.75, 3.05) is 25.6 Å². The molecule has 6 nitrogen and oxygen atoms in total. The standard InChI is InChI=1S/C36H42ClN3O3/c1-22-11-12-26-25(17-22)20-40(19-23(2)21-43-31-13-16-38-29-9-5-7-24(3)32(29)31)36(26)15-14-35(34(41)42-4)18-27(36)33-28(37)8-6-10-30(33)39-35/h6,8,10-13,16-17,23-24,27,39H,5,7,9,14-15,18-21H2,1-4H3/t23-,24-,27?,35-,36-/m1/s1. The van der Waals surface area contributed by atoms with Gasteiger partial charge in [0.05, 0.1) is 19.3 Å². The van der Waals surface area contributed by atoms with Gasteiger partial charge in [-0.05, 0) is 86.3 Å². The minimum atomic E-state index is -0.757. The molecule has 1 aromatic heterocycles. The summed E-state index contributed by atoms with van der Waals surface area (Å²) in [5.74, 6) is 1.61. The Kier molecular flexibility index (Phi) is 7.21. The smallest absolute Gasteiger partial charge is 0.331 e. The third-order valence-electron chi connectivity index (χ3n) is 10.7. The van der Waals surface area contributed by atoms with E-state index < -0.39 is 5.54 Å². The maximum absolute atomic E-state index is 13.3. The number of rotatable bonds is 6. The minimum Gasteiger partial charge on any atom is -0.493 e. The molecule has 4 aliphatic rings. The summed E-state index contributed by atoms with van der Waals surface area (Å²) in [6.45, 7) is 9.15. The summed E-state index contributed by atoms with van der Waals surface area (Å²) >= 11 is 7.00. The minimum absolute atomic E-state index is 0.0374. The molecule has 0 saturated heterocycles. The van der Waals surface area contributed by atoms with Crippen LogP contribution in [-0.4, -0.2) is 41.7 Å². The van der Waals surface area contributed by atoms with E-state index in [1.807, 2.05) is 24.4 Å². The van der Waals surface area contributed by atoms with E-state index in [-0.39, 0.29) is 23.3 Å². The van der Waals surface area contributed by atoms with Crippen molar-refractivity contribution in [1.29, 1.82) is 0 Å². The Labute approximate surface area is 260 Å². The van der Waals surface area contributed by atoms with Gasteiger partial charge < -0.3 is 14.8 Å². The monoisotopic (exact) mass is 599 g/mol. The van der Waals surface area contributed by atoms with Crippen molar-refractivity contribution in [3.63, 3.8) is 0 Å². The highest BCUT2D eigenvalue weighted by Gasteiger charge is 2.61. The molecule has 1 fully saturated rings. The number of nitrogens with zero attached hydrogens (tertiary/aromatic N) is 2. The van der Waals surface area contributed by atoms with Gasteiger partial charge in [-0.1, -0.05) is 55.3 Å². The molecular formula is C36H42ClN3O3. The van der Waals surface area contributed by atoms with Crippen molar-refractivity contribution < 1.29 is 14.3 Å². The summed E-state index contributed by atoms with van der Waals surface area (Å²) in [6.07, 6.45) is 7.49. The first kappa shape index (κ1) is 28.7. The van der Waals surface area contributed by atoms with E-state index in [1.165, 1.54) is 47.9 Å². The van der Waals surface area contributed by atoms with Crippen LogP contribution in [0.3, 0.4) is 0 Å². The average molecular weight is 600 g/mol. The zero-order valence-corrected chi connectivity index (χ0v) is 26.5. The summed E-state index contributed by atoms with van der Waals surface area (Å²) in [4.78, 5) is 20.7. The predicted molar refractivity (Wildman–Crippen MR) is 170 cm³/mol. The highest BCUT2D eigenvalue weighted by atomic mass is 35.5. The highest BCUT2D eigenvalue weighted by molar-refractivity contribution is 6.32. The van der Waals surface area contributed by atoms with E-state index in [0.29, 0.717) is 25.4 Å². The van der Waals surface area contributed by atoms with Crippen molar-refractivity contribution in [3.8, 4) is 5.75 Å². The van der Waals surface area contributed by atoms with Crippen LogP contribution in [0.1, 0.15) is 91.3 Å². The van der Waals surface area contributed by atoms with Crippen LogP contribution in [0.25, 0.3) is 0 Å². The number of anilines is 1. The molecule has 1 spiro atoms. The van der Waals surface area contributed by atoms with Gasteiger partial charge in [0.2, 0.25) is 0 Å². The first-order chi connectivity index (χ1) is 20.8. The number of esters is 1. The SMILES string of the molecule is COC(=O)[C@@]12CC[C@@]3(c4ccc(C)cc4CN3C[C@@H](C)COc3ccnc4c3[C@H](C)CCC4)C(C1)c1c(Cl)cccc1N2. The zero-order chi connectivity index (χ0) is 29.9. The van der Waals surface area contributed by atoms with Gasteiger partial charge in [-0.2, -0.15) is 0 Å². The van der Waals surface area contributed by atoms with Crippen LogP contribution in [-0.2, 0) is 28.0 Å². The number of fused-ring (bicyclic) bond motifs is 8. The first-order valence-corrected chi connectivity index (χ1v) is 16.2. The van der Waals surface area contributed by atoms with Crippen LogP contribution in [0.15, 0.2) is 48.7 Å². The highest BCUT2D eigenvalue weighted by Crippen LogP contribution is 2.62. The number of benzene rings is 2. The topological polar surface area (TPSA) is 63.7 Å². The summed E-state index contributed by atoms with van der Waals surface area (Å²) in [6, 6.07) is 15.0. The van der Waals surface area contributed by atoms with Crippen molar-refractivity contribution in [3.05, 3.63) is 87.2 Å². The van der Waals surface area contributed by atoms with Gasteiger partial charge in [-0.15, -0.1) is 0 Å². The number of ether oxygens (including phenoxy) is 2. The second kappa shape index (κ2) is 10.8. The Morgan fingerprint density at radius 1 is 1.21 bits per heavy atom. The van der Waals surface area contributed by atoms with Crippen LogP contribution in [0.2, 0.25) is 5.02 Å². The molecule has 5 atom stereocenters. The summed E-state index contributed by atoms with van der Waals surface area (Å²) in [5, 5.41) is 4.35. The second-order valence-electron chi connectivity index (χ2n) is 13.5. The molecule has 2 bridgehead atoms. The van der Waals surface area contributed by atoms with Crippen molar-refractivity contribution in [1.82, 2.24) is 9.88 Å². The van der Waals surface area contributed by atoms with E-state index in [9.17, 15) is 4.79 Å². The fourth-order valence-corrected chi connectivity index (χ4v) is 9.10. The fourth-order valence-electron chi connectivity index (χ4n) is 8.79. The molecule has 0 amide bonds. The molecule has 1 saturated carbocycles. The van der Waals surface area contributed by atoms with Crippen LogP contribution in [0.5, 0.6) is 5.75 Å². The molecule has 2 aromatic carbocycles. The number of hydrogen-bond donors (Lipinski definition) is 1. The Bertz CT molecular complexity index is 1580. The number of halogens is 1. The lowest BCUT2D eigenvalue weighted by Crippen LogP contribution is -2.61. The number of aryl methyl sites for hydroxylation is 2. The Hall–Kier alpha value is -3.09. The second-order valence-corrected chi connectivity index (χ2v) is 13.9. The van der Waals surface area contributed by atoms with Gasteiger partial charge in [-0.3, -0.25) is 9.88 Å². The van der Waals surface area contributed by atoms with E-state index in [4.69, 9.17) is 21.1 Å². The van der Waals surface area contributed by atoms with Crippen molar-refractivity contribution in [2.24, 2.45) is 5.92 Å². The molecule has 3 heterocycles. The van der Waals surface area contributed by atoms with Gasteiger partial charge in [0, 0.05) is 53.1 Å². The lowest BCUT2D eigenvalue weighted by atomic mass is 9.58. The van der Waals surface area contributed by atoms with E-state index in [1.54, 1.807) is 0 Å². The zero-order valence-electron chi connectivity index (χ0n) is 25.7. The maximum Gasteiger partial charge on any atom is 0.331 e. The normalized spacial score (nSPS) is 27.9. The van der Waals surface area contributed by atoms with Gasteiger partial charge in [0.25, 0.3) is 0 Å². The van der Waals surface area contributed by atoms with E-state index >= 15 is 0 Å². The van der Waals surface area contributed by atoms with Crippen LogP contribution in [0, 0.1) is 12.8 Å². The summed E-state index contributed by atoms with van der Waals surface area (Å²) in [7, 11) is 1.49. The van der Waals surface area contributed by atoms with Crippen LogP contribution >= 0.6 is 11.6 Å². The van der Waals surface area contributed by atoms with Gasteiger partial charge in [0.1, 0.15) is 11.3 Å². The third kappa shape index (κ3) is 4.55. The molecule has 7 rings (SSSR count). The van der Waals surface area contributed by atoms with Crippen LogP contribution < -0.4 is 10.1 Å². The molecule has 1 unspecified atom stereocenters. The van der Waals surface area contributed by atoms with Gasteiger partial charge in [0.15, 0.2) is 0 Å². The number of carbonyl (C=O) groups excluding carboxylic acids is 1. The molecule has 7 heteroatoms. The maximum atomic E-state index is 13.3. The average Bonchev–Trinajstić information content (AvgIpc) is 3.29. The van der Waals surface area contributed by atoms with Crippen molar-refractivity contribution >= 4 is 23.3 Å². The number of hydrogen-bond acceptors (Lipinski definition) is 6. The van der Waals surface area contributed by atoms with E-state index in [0.717, 1.165) is 48.0 Å². The van der Waals surface area contributed by atoms with Crippen LogP contribution in [0.4, 0.5) is 5.69 Å². The van der Waals surface area contributed by atoms with Gasteiger partial charge in [-0.25, -0.2) is 4.79 Å². The molecular weight excluding hydrogens is 558 g/mol. The number of aromatic nitrogens is 1. The first-order valence-electron chi connectivity index (χ1n) is 15.9. The molecule has 0 radical (unpaired) electrons. The molecule has 226 valence electrons. The molecule has 3 aromatic rings. The Morgan fingerprint density at radius 2 is 2.07 bits per heavy atom. The summed E-state index contributed by atoms with van der Waals surface area (Å²) < 4.78 is 12.0. The van der Waals surface area contributed by atoms with Crippen molar-refractivity contribution in [2.45, 2.75) is 88.8 Å². The fraction of sp³-hybridized carbons (Fsp3) is 0.500. The predicted octanol–water partition coefficient (Wildman–Crippen LogP) is 7.51. The molecule has 2 aliphatic heterocycles. The molecule has 2 aliphatic carbocycles. The number of carbonyl (C=O) groups is 1. The quantitative estimate of drug-likeness (QED) is 0.296. The number of pyridine rings is 1.